The van der Waals surface area contributed by atoms with Gasteiger partial charge in [0.25, 0.3) is 5.91 Å². The van der Waals surface area contributed by atoms with Gasteiger partial charge in [0, 0.05) is 50.1 Å². The molecule has 0 N–H and O–H groups in total. The molecule has 2 aromatic carbocycles. The van der Waals surface area contributed by atoms with Crippen LogP contribution < -0.4 is 14.2 Å². The van der Waals surface area contributed by atoms with E-state index in [1.165, 1.54) is 0 Å². The van der Waals surface area contributed by atoms with Crippen molar-refractivity contribution in [1.29, 1.82) is 0 Å². The summed E-state index contributed by atoms with van der Waals surface area (Å²) in [6.07, 6.45) is 2.28. The number of hydrogen-bond donors (Lipinski definition) is 0. The zero-order chi connectivity index (χ0) is 28.1. The molecule has 1 saturated carbocycles. The van der Waals surface area contributed by atoms with Crippen LogP contribution in [0.2, 0.25) is 0 Å². The summed E-state index contributed by atoms with van der Waals surface area (Å²) in [5.41, 5.74) is 2.48. The van der Waals surface area contributed by atoms with Gasteiger partial charge in [-0.3, -0.25) is 14.5 Å². The predicted molar refractivity (Wildman–Crippen MR) is 150 cm³/mol. The van der Waals surface area contributed by atoms with Gasteiger partial charge in [0.15, 0.2) is 0 Å². The Labute approximate surface area is 235 Å². The molecule has 5 rings (SSSR count). The monoisotopic (exact) mass is 550 g/mol. The van der Waals surface area contributed by atoms with Crippen LogP contribution in [0.15, 0.2) is 47.6 Å². The topological polar surface area (TPSA) is 93.1 Å². The van der Waals surface area contributed by atoms with E-state index >= 15 is 0 Å². The van der Waals surface area contributed by atoms with E-state index in [4.69, 9.17) is 24.0 Å². The molecular weight excluding hydrogens is 512 g/mol. The van der Waals surface area contributed by atoms with Gasteiger partial charge in [0.05, 0.1) is 46.3 Å². The maximum absolute atomic E-state index is 13.9. The number of amides is 2. The highest BCUT2D eigenvalue weighted by molar-refractivity contribution is 6.05. The number of nitrogens with zero attached hydrogens (tertiary/aromatic N) is 4. The number of rotatable bonds is 11. The molecule has 1 unspecified atom stereocenters. The quantitative estimate of drug-likeness (QED) is 0.425. The molecule has 1 saturated heterocycles. The minimum Gasteiger partial charge on any atom is -0.497 e. The molecule has 3 aliphatic rings. The Bertz CT molecular complexity index is 1220. The first-order chi connectivity index (χ1) is 19.5. The van der Waals surface area contributed by atoms with Gasteiger partial charge in [-0.05, 0) is 42.7 Å². The number of hydrazone groups is 1. The second-order valence-corrected chi connectivity index (χ2v) is 10.3. The van der Waals surface area contributed by atoms with E-state index in [9.17, 15) is 9.59 Å². The molecule has 2 aromatic rings. The van der Waals surface area contributed by atoms with Crippen LogP contribution in [-0.4, -0.2) is 99.6 Å². The summed E-state index contributed by atoms with van der Waals surface area (Å²) in [5.74, 6) is 1.91. The molecule has 2 fully saturated rings. The summed E-state index contributed by atoms with van der Waals surface area (Å²) in [6.45, 7) is 4.27. The molecule has 214 valence electrons. The average Bonchev–Trinajstić information content (AvgIpc) is 3.77. The van der Waals surface area contributed by atoms with Crippen LogP contribution in [0.5, 0.6) is 17.2 Å². The molecular formula is C30H38N4O6. The molecule has 0 bridgehead atoms. The van der Waals surface area contributed by atoms with Crippen molar-refractivity contribution in [3.8, 4) is 17.2 Å². The fourth-order valence-electron chi connectivity index (χ4n) is 5.20. The summed E-state index contributed by atoms with van der Waals surface area (Å²) in [5, 5.41) is 6.37. The molecule has 1 aliphatic carbocycles. The Kier molecular flexibility index (Phi) is 8.86. The minimum atomic E-state index is -0.322. The second kappa shape index (κ2) is 12.7. The van der Waals surface area contributed by atoms with Gasteiger partial charge in [-0.25, -0.2) is 5.01 Å². The third kappa shape index (κ3) is 6.39. The number of ether oxygens (including phenoxy) is 4. The summed E-state index contributed by atoms with van der Waals surface area (Å²) in [4.78, 5) is 31.1. The van der Waals surface area contributed by atoms with Crippen LogP contribution in [0.3, 0.4) is 0 Å². The van der Waals surface area contributed by atoms with Crippen molar-refractivity contribution in [3.63, 3.8) is 0 Å². The number of benzene rings is 2. The molecule has 0 aromatic heterocycles. The van der Waals surface area contributed by atoms with Gasteiger partial charge in [-0.2, -0.15) is 5.10 Å². The lowest BCUT2D eigenvalue weighted by Crippen LogP contribution is -2.47. The van der Waals surface area contributed by atoms with E-state index in [2.05, 4.69) is 4.90 Å². The largest absolute Gasteiger partial charge is 0.497 e. The van der Waals surface area contributed by atoms with Crippen LogP contribution in [0.1, 0.15) is 36.4 Å². The van der Waals surface area contributed by atoms with Gasteiger partial charge < -0.3 is 23.8 Å². The van der Waals surface area contributed by atoms with Crippen LogP contribution in [0.25, 0.3) is 0 Å². The van der Waals surface area contributed by atoms with Gasteiger partial charge in [-0.15, -0.1) is 0 Å². The molecule has 10 nitrogen and oxygen atoms in total. The van der Waals surface area contributed by atoms with Crippen LogP contribution in [0.4, 0.5) is 0 Å². The van der Waals surface area contributed by atoms with E-state index in [-0.39, 0.29) is 30.3 Å². The standard InChI is InChI=1S/C30H38N4O6/c1-37-23-8-6-21(7-9-23)27-19-26(25-11-10-24(38-2)18-28(25)39-3)31-34(27)29(35)20-33(30(36)22-4-5-22)13-12-32-14-16-40-17-15-32/h6-11,18,22,27H,4-5,12-17,19-20H2,1-3H3. The minimum absolute atomic E-state index is 0.0111. The van der Waals surface area contributed by atoms with E-state index in [0.717, 1.165) is 48.5 Å². The maximum Gasteiger partial charge on any atom is 0.262 e. The third-order valence-corrected chi connectivity index (χ3v) is 7.74. The van der Waals surface area contributed by atoms with Gasteiger partial charge in [0.1, 0.15) is 23.8 Å². The third-order valence-electron chi connectivity index (χ3n) is 7.74. The number of carbonyl (C=O) groups excluding carboxylic acids is 2. The highest BCUT2D eigenvalue weighted by Crippen LogP contribution is 2.37. The van der Waals surface area contributed by atoms with E-state index < -0.39 is 0 Å². The van der Waals surface area contributed by atoms with Crippen LogP contribution in [0, 0.1) is 5.92 Å². The van der Waals surface area contributed by atoms with Crippen LogP contribution in [-0.2, 0) is 14.3 Å². The van der Waals surface area contributed by atoms with Gasteiger partial charge >= 0.3 is 0 Å². The fourth-order valence-corrected chi connectivity index (χ4v) is 5.20. The van der Waals surface area contributed by atoms with E-state index in [0.29, 0.717) is 44.2 Å². The molecule has 0 radical (unpaired) electrons. The lowest BCUT2D eigenvalue weighted by molar-refractivity contribution is -0.142. The second-order valence-electron chi connectivity index (χ2n) is 10.3. The predicted octanol–water partition coefficient (Wildman–Crippen LogP) is 2.96. The SMILES string of the molecule is COc1ccc(C2CC(c3ccc(OC)cc3OC)=NN2C(=O)CN(CCN2CCOCC2)C(=O)C2CC2)cc1. The van der Waals surface area contributed by atoms with E-state index in [1.54, 1.807) is 31.2 Å². The summed E-state index contributed by atoms with van der Waals surface area (Å²) < 4.78 is 21.8. The molecule has 2 heterocycles. The molecule has 10 heteroatoms. The summed E-state index contributed by atoms with van der Waals surface area (Å²) >= 11 is 0. The number of hydrogen-bond acceptors (Lipinski definition) is 8. The number of carbonyl (C=O) groups is 2. The molecule has 40 heavy (non-hydrogen) atoms. The Balaban J connectivity index is 1.40. The summed E-state index contributed by atoms with van der Waals surface area (Å²) in [7, 11) is 4.84. The van der Waals surface area contributed by atoms with Crippen molar-refractivity contribution in [3.05, 3.63) is 53.6 Å². The zero-order valence-electron chi connectivity index (χ0n) is 23.5. The molecule has 2 aliphatic heterocycles. The van der Waals surface area contributed by atoms with Crippen molar-refractivity contribution < 1.29 is 28.5 Å². The van der Waals surface area contributed by atoms with Crippen molar-refractivity contribution in [1.82, 2.24) is 14.8 Å². The van der Waals surface area contributed by atoms with E-state index in [1.807, 2.05) is 42.5 Å². The Morgan fingerprint density at radius 2 is 1.68 bits per heavy atom. The van der Waals surface area contributed by atoms with Crippen molar-refractivity contribution in [2.75, 3.05) is 67.3 Å². The van der Waals surface area contributed by atoms with Crippen molar-refractivity contribution in [2.24, 2.45) is 11.0 Å². The maximum atomic E-state index is 13.9. The average molecular weight is 551 g/mol. The van der Waals surface area contributed by atoms with Gasteiger partial charge in [0.2, 0.25) is 5.91 Å². The first kappa shape index (κ1) is 27.9. The molecule has 1 atom stereocenters. The first-order valence-electron chi connectivity index (χ1n) is 13.9. The smallest absolute Gasteiger partial charge is 0.262 e. The first-order valence-corrected chi connectivity index (χ1v) is 13.9. The van der Waals surface area contributed by atoms with Crippen molar-refractivity contribution in [2.45, 2.75) is 25.3 Å². The normalized spacial score (nSPS) is 19.2. The van der Waals surface area contributed by atoms with Crippen LogP contribution >= 0.6 is 0 Å². The summed E-state index contributed by atoms with van der Waals surface area (Å²) in [6, 6.07) is 12.9. The number of morpholine rings is 1. The number of methoxy groups -OCH3 is 3. The Hall–Kier alpha value is -3.63. The molecule has 0 spiro atoms. The Morgan fingerprint density at radius 3 is 2.33 bits per heavy atom. The van der Waals surface area contributed by atoms with Crippen molar-refractivity contribution >= 4 is 17.5 Å². The fraction of sp³-hybridized carbons (Fsp3) is 0.500. The highest BCUT2D eigenvalue weighted by Gasteiger charge is 2.38. The van der Waals surface area contributed by atoms with Gasteiger partial charge in [-0.1, -0.05) is 12.1 Å². The Morgan fingerprint density at radius 1 is 0.975 bits per heavy atom. The lowest BCUT2D eigenvalue weighted by atomic mass is 9.97. The lowest BCUT2D eigenvalue weighted by Gasteiger charge is -2.31. The molecule has 2 amide bonds. The zero-order valence-corrected chi connectivity index (χ0v) is 23.5. The highest BCUT2D eigenvalue weighted by atomic mass is 16.5.